The minimum Gasteiger partial charge on any atom is -0.495 e. The molecule has 0 bridgehead atoms. The predicted octanol–water partition coefficient (Wildman–Crippen LogP) is 4.26. The molecule has 0 saturated carbocycles. The van der Waals surface area contributed by atoms with Gasteiger partial charge in [0.1, 0.15) is 17.4 Å². The highest BCUT2D eigenvalue weighted by molar-refractivity contribution is 7.10. The molecular weight excluding hydrogens is 320 g/mol. The van der Waals surface area contributed by atoms with Gasteiger partial charge in [-0.25, -0.2) is 0 Å². The van der Waals surface area contributed by atoms with E-state index in [0.29, 0.717) is 16.5 Å². The molecule has 0 aliphatic heterocycles. The van der Waals surface area contributed by atoms with Gasteiger partial charge in [0.2, 0.25) is 0 Å². The van der Waals surface area contributed by atoms with E-state index in [9.17, 15) is 10.1 Å². The Morgan fingerprint density at radius 3 is 2.86 bits per heavy atom. The van der Waals surface area contributed by atoms with E-state index in [-0.39, 0.29) is 5.57 Å². The Bertz CT molecular complexity index is 761. The maximum Gasteiger partial charge on any atom is 0.266 e. The summed E-state index contributed by atoms with van der Waals surface area (Å²) in [6.07, 6.45) is 1.55. The number of benzene rings is 1. The third-order valence-electron chi connectivity index (χ3n) is 2.92. The lowest BCUT2D eigenvalue weighted by Crippen LogP contribution is -2.14. The van der Waals surface area contributed by atoms with E-state index < -0.39 is 5.91 Å². The van der Waals surface area contributed by atoms with Crippen molar-refractivity contribution in [2.24, 2.45) is 0 Å². The number of methoxy groups -OCH3 is 1. The monoisotopic (exact) mass is 332 g/mol. The smallest absolute Gasteiger partial charge is 0.266 e. The maximum atomic E-state index is 12.2. The second-order valence-electron chi connectivity index (χ2n) is 4.44. The number of amides is 1. The Morgan fingerprint density at radius 1 is 1.50 bits per heavy atom. The van der Waals surface area contributed by atoms with Gasteiger partial charge in [0.15, 0.2) is 0 Å². The topological polar surface area (TPSA) is 62.1 Å². The minimum atomic E-state index is -0.490. The first kappa shape index (κ1) is 16.1. The normalized spacial score (nSPS) is 10.9. The van der Waals surface area contributed by atoms with Crippen LogP contribution in [0.1, 0.15) is 10.4 Å². The molecule has 1 N–H and O–H groups in total. The van der Waals surface area contributed by atoms with Crippen molar-refractivity contribution < 1.29 is 9.53 Å². The SMILES string of the molecule is COc1cc(Cl)c(C)cc1NC(=O)C(C#N)=Cc1cccs1. The molecule has 112 valence electrons. The van der Waals surface area contributed by atoms with E-state index in [1.807, 2.05) is 30.5 Å². The van der Waals surface area contributed by atoms with Gasteiger partial charge >= 0.3 is 0 Å². The average Bonchev–Trinajstić information content (AvgIpc) is 3.01. The summed E-state index contributed by atoms with van der Waals surface area (Å²) in [6.45, 7) is 1.82. The number of hydrogen-bond acceptors (Lipinski definition) is 4. The van der Waals surface area contributed by atoms with E-state index in [2.05, 4.69) is 5.32 Å². The van der Waals surface area contributed by atoms with Crippen LogP contribution < -0.4 is 10.1 Å². The molecule has 0 aliphatic carbocycles. The van der Waals surface area contributed by atoms with Crippen LogP contribution in [0.3, 0.4) is 0 Å². The number of hydrogen-bond donors (Lipinski definition) is 1. The molecule has 1 aromatic heterocycles. The molecule has 0 fully saturated rings. The van der Waals surface area contributed by atoms with Gasteiger partial charge in [0, 0.05) is 16.0 Å². The third-order valence-corrected chi connectivity index (χ3v) is 4.15. The number of anilines is 1. The van der Waals surface area contributed by atoms with Crippen LogP contribution in [0.25, 0.3) is 6.08 Å². The Hall–Kier alpha value is -2.29. The molecule has 1 aromatic carbocycles. The molecule has 0 unspecified atom stereocenters. The van der Waals surface area contributed by atoms with E-state index in [4.69, 9.17) is 16.3 Å². The van der Waals surface area contributed by atoms with Crippen molar-refractivity contribution in [1.29, 1.82) is 5.26 Å². The number of aryl methyl sites for hydroxylation is 1. The molecule has 0 aliphatic rings. The van der Waals surface area contributed by atoms with Crippen LogP contribution in [-0.2, 0) is 4.79 Å². The van der Waals surface area contributed by atoms with Crippen LogP contribution in [0.15, 0.2) is 35.2 Å². The average molecular weight is 333 g/mol. The summed E-state index contributed by atoms with van der Waals surface area (Å²) in [6, 6.07) is 8.94. The highest BCUT2D eigenvalue weighted by atomic mass is 35.5. The largest absolute Gasteiger partial charge is 0.495 e. The van der Waals surface area contributed by atoms with Gasteiger partial charge in [0.25, 0.3) is 5.91 Å². The van der Waals surface area contributed by atoms with Gasteiger partial charge < -0.3 is 10.1 Å². The van der Waals surface area contributed by atoms with Gasteiger partial charge in [0.05, 0.1) is 12.8 Å². The number of carbonyl (C=O) groups excluding carboxylic acids is 1. The Morgan fingerprint density at radius 2 is 2.27 bits per heavy atom. The fourth-order valence-electron chi connectivity index (χ4n) is 1.78. The zero-order chi connectivity index (χ0) is 16.1. The molecular formula is C16H13ClN2O2S. The van der Waals surface area contributed by atoms with Crippen molar-refractivity contribution >= 4 is 40.6 Å². The minimum absolute atomic E-state index is 0.0251. The summed E-state index contributed by atoms with van der Waals surface area (Å²) in [5.41, 5.74) is 1.30. The Labute approximate surface area is 137 Å². The van der Waals surface area contributed by atoms with E-state index in [0.717, 1.165) is 10.4 Å². The van der Waals surface area contributed by atoms with Crippen LogP contribution in [0.4, 0.5) is 5.69 Å². The van der Waals surface area contributed by atoms with Crippen molar-refractivity contribution in [3.8, 4) is 11.8 Å². The molecule has 0 saturated heterocycles. The number of nitriles is 1. The molecule has 2 rings (SSSR count). The summed E-state index contributed by atoms with van der Waals surface area (Å²) in [7, 11) is 1.49. The summed E-state index contributed by atoms with van der Waals surface area (Å²) in [5.74, 6) is -0.0479. The number of carbonyl (C=O) groups is 1. The van der Waals surface area contributed by atoms with Crippen molar-refractivity contribution in [2.75, 3.05) is 12.4 Å². The van der Waals surface area contributed by atoms with Crippen LogP contribution in [0, 0.1) is 18.3 Å². The van der Waals surface area contributed by atoms with Crippen molar-refractivity contribution in [3.05, 3.63) is 50.7 Å². The first-order chi connectivity index (χ1) is 10.5. The first-order valence-electron chi connectivity index (χ1n) is 6.36. The molecule has 0 atom stereocenters. The summed E-state index contributed by atoms with van der Waals surface area (Å²) in [5, 5.41) is 14.3. The molecule has 0 spiro atoms. The quantitative estimate of drug-likeness (QED) is 0.672. The van der Waals surface area contributed by atoms with Crippen molar-refractivity contribution in [3.63, 3.8) is 0 Å². The third kappa shape index (κ3) is 3.67. The first-order valence-corrected chi connectivity index (χ1v) is 7.61. The molecule has 6 heteroatoms. The molecule has 22 heavy (non-hydrogen) atoms. The summed E-state index contributed by atoms with van der Waals surface area (Å²) in [4.78, 5) is 13.1. The Kier molecular flexibility index (Phi) is 5.21. The van der Waals surface area contributed by atoms with Crippen LogP contribution in [0.5, 0.6) is 5.75 Å². The Balaban J connectivity index is 2.28. The van der Waals surface area contributed by atoms with Gasteiger partial charge in [-0.2, -0.15) is 5.26 Å². The van der Waals surface area contributed by atoms with E-state index in [1.165, 1.54) is 18.4 Å². The van der Waals surface area contributed by atoms with Gasteiger partial charge in [-0.05, 0) is 36.1 Å². The summed E-state index contributed by atoms with van der Waals surface area (Å²) >= 11 is 7.48. The molecule has 2 aromatic rings. The standard InChI is InChI=1S/C16H13ClN2O2S/c1-10-6-14(15(21-2)8-13(10)17)19-16(20)11(9-18)7-12-4-3-5-22-12/h3-8H,1-2H3,(H,19,20). The molecule has 4 nitrogen and oxygen atoms in total. The maximum absolute atomic E-state index is 12.2. The second kappa shape index (κ2) is 7.12. The van der Waals surface area contributed by atoms with Gasteiger partial charge in [-0.3, -0.25) is 4.79 Å². The second-order valence-corrected chi connectivity index (χ2v) is 5.83. The van der Waals surface area contributed by atoms with Crippen LogP contribution in [0.2, 0.25) is 5.02 Å². The number of thiophene rings is 1. The van der Waals surface area contributed by atoms with Crippen LogP contribution >= 0.6 is 22.9 Å². The molecule has 1 heterocycles. The number of nitrogens with zero attached hydrogens (tertiary/aromatic N) is 1. The molecule has 0 radical (unpaired) electrons. The van der Waals surface area contributed by atoms with Crippen molar-refractivity contribution in [2.45, 2.75) is 6.92 Å². The highest BCUT2D eigenvalue weighted by Gasteiger charge is 2.14. The number of ether oxygens (including phenoxy) is 1. The summed E-state index contributed by atoms with van der Waals surface area (Å²) < 4.78 is 5.20. The fourth-order valence-corrected chi connectivity index (χ4v) is 2.59. The lowest BCUT2D eigenvalue weighted by atomic mass is 10.2. The fraction of sp³-hybridized carbons (Fsp3) is 0.125. The van der Waals surface area contributed by atoms with E-state index in [1.54, 1.807) is 18.2 Å². The zero-order valence-electron chi connectivity index (χ0n) is 12.0. The van der Waals surface area contributed by atoms with E-state index >= 15 is 0 Å². The predicted molar refractivity (Wildman–Crippen MR) is 89.3 cm³/mol. The number of halogens is 1. The van der Waals surface area contributed by atoms with Gasteiger partial charge in [-0.15, -0.1) is 11.3 Å². The number of nitrogens with one attached hydrogen (secondary N) is 1. The zero-order valence-corrected chi connectivity index (χ0v) is 13.6. The molecule has 1 amide bonds. The lowest BCUT2D eigenvalue weighted by Gasteiger charge is -2.11. The van der Waals surface area contributed by atoms with Crippen LogP contribution in [-0.4, -0.2) is 13.0 Å². The lowest BCUT2D eigenvalue weighted by molar-refractivity contribution is -0.112. The van der Waals surface area contributed by atoms with Crippen molar-refractivity contribution in [1.82, 2.24) is 0 Å². The van der Waals surface area contributed by atoms with Gasteiger partial charge in [-0.1, -0.05) is 17.7 Å². The number of rotatable bonds is 4. The highest BCUT2D eigenvalue weighted by Crippen LogP contribution is 2.31.